The molecule has 0 bridgehead atoms. The van der Waals surface area contributed by atoms with Gasteiger partial charge in [0.05, 0.1) is 11.3 Å². The van der Waals surface area contributed by atoms with Crippen molar-refractivity contribution < 1.29 is 5.11 Å². The predicted octanol–water partition coefficient (Wildman–Crippen LogP) is 10.7. The smallest absolute Gasteiger partial charge is 0.149 e. The van der Waals surface area contributed by atoms with E-state index in [0.29, 0.717) is 5.82 Å². The minimum Gasteiger partial charge on any atom is -0.507 e. The van der Waals surface area contributed by atoms with Crippen molar-refractivity contribution in [2.45, 2.75) is 59.3 Å². The topological polar surface area (TPSA) is 54.2 Å². The highest BCUT2D eigenvalue weighted by Crippen LogP contribution is 2.44. The average molecular weight is 607 g/mol. The van der Waals surface area contributed by atoms with Crippen LogP contribution in [-0.2, 0) is 10.8 Å². The summed E-state index contributed by atoms with van der Waals surface area (Å²) in [4.78, 5) is 12.2. The monoisotopic (exact) mass is 606 g/mol. The van der Waals surface area contributed by atoms with Crippen molar-refractivity contribution in [3.05, 3.63) is 138 Å². The number of aromatic nitrogens is 3. The molecule has 0 fully saturated rings. The van der Waals surface area contributed by atoms with E-state index in [4.69, 9.17) is 9.97 Å². The van der Waals surface area contributed by atoms with Gasteiger partial charge in [-0.1, -0.05) is 102 Å². The molecule has 4 aromatic carbocycles. The quantitative estimate of drug-likeness (QED) is 0.205. The first kappa shape index (κ1) is 30.8. The van der Waals surface area contributed by atoms with E-state index in [1.54, 1.807) is 0 Å². The Morgan fingerprint density at radius 3 is 1.96 bits per heavy atom. The predicted molar refractivity (Wildman–Crippen MR) is 191 cm³/mol. The molecule has 232 valence electrons. The molecule has 1 N–H and O–H groups in total. The van der Waals surface area contributed by atoms with E-state index in [2.05, 4.69) is 119 Å². The van der Waals surface area contributed by atoms with E-state index in [0.717, 1.165) is 56.5 Å². The normalized spacial score (nSPS) is 11.9. The van der Waals surface area contributed by atoms with Gasteiger partial charge < -0.3 is 5.11 Å². The number of aromatic hydroxyl groups is 1. The Morgan fingerprint density at radius 1 is 0.674 bits per heavy atom. The molecule has 2 heterocycles. The summed E-state index contributed by atoms with van der Waals surface area (Å²) < 4.78 is 2.17. The lowest BCUT2D eigenvalue weighted by Gasteiger charge is -2.27. The summed E-state index contributed by atoms with van der Waals surface area (Å²) in [6.45, 7) is 15.2. The van der Waals surface area contributed by atoms with Crippen LogP contribution in [-0.4, -0.2) is 19.6 Å². The van der Waals surface area contributed by atoms with Gasteiger partial charge in [-0.15, -0.1) is 0 Å². The molecule has 5 nitrogen and oxygen atoms in total. The first-order valence-electron chi connectivity index (χ1n) is 15.8. The van der Waals surface area contributed by atoms with Crippen LogP contribution in [0.1, 0.15) is 58.4 Å². The number of anilines is 3. The van der Waals surface area contributed by atoms with E-state index < -0.39 is 0 Å². The van der Waals surface area contributed by atoms with Crippen LogP contribution >= 0.6 is 0 Å². The second-order valence-corrected chi connectivity index (χ2v) is 13.9. The molecule has 46 heavy (non-hydrogen) atoms. The number of rotatable bonds is 6. The highest BCUT2D eigenvalue weighted by molar-refractivity contribution is 5.80. The zero-order chi connectivity index (χ0) is 32.6. The molecule has 0 aliphatic carbocycles. The Morgan fingerprint density at radius 2 is 1.33 bits per heavy atom. The second-order valence-electron chi connectivity index (χ2n) is 13.9. The van der Waals surface area contributed by atoms with E-state index in [9.17, 15) is 5.11 Å². The van der Waals surface area contributed by atoms with Gasteiger partial charge in [0, 0.05) is 40.1 Å². The first-order valence-corrected chi connectivity index (χ1v) is 15.8. The van der Waals surface area contributed by atoms with Gasteiger partial charge in [0.1, 0.15) is 17.4 Å². The highest BCUT2D eigenvalue weighted by Gasteiger charge is 2.29. The number of hydrogen-bond donors (Lipinski definition) is 1. The Bertz CT molecular complexity index is 1930. The third kappa shape index (κ3) is 5.93. The lowest BCUT2D eigenvalue weighted by Crippen LogP contribution is -2.17. The molecule has 0 aliphatic heterocycles. The lowest BCUT2D eigenvalue weighted by atomic mass is 9.79. The number of benzene rings is 4. The van der Waals surface area contributed by atoms with Crippen LogP contribution < -0.4 is 4.90 Å². The van der Waals surface area contributed by atoms with Crippen LogP contribution in [0.3, 0.4) is 0 Å². The molecule has 0 atom stereocenters. The van der Waals surface area contributed by atoms with Gasteiger partial charge in [-0.25, -0.2) is 9.97 Å². The maximum Gasteiger partial charge on any atom is 0.149 e. The van der Waals surface area contributed by atoms with Crippen molar-refractivity contribution in [2.24, 2.45) is 0 Å². The molecule has 0 amide bonds. The maximum atomic E-state index is 11.9. The van der Waals surface area contributed by atoms with E-state index >= 15 is 0 Å². The number of para-hydroxylation sites is 2. The third-order valence-electron chi connectivity index (χ3n) is 8.42. The molecular weight excluding hydrogens is 564 g/mol. The molecule has 2 aromatic heterocycles. The van der Waals surface area contributed by atoms with Gasteiger partial charge in [-0.3, -0.25) is 9.47 Å². The van der Waals surface area contributed by atoms with Crippen molar-refractivity contribution in [1.82, 2.24) is 14.5 Å². The molecule has 6 aromatic rings. The largest absolute Gasteiger partial charge is 0.507 e. The SMILES string of the molecule is Cc1c(-c2cccc(N(c3ccccc3)c3ccccn3)c2)nc(-c2cc(C(C)(C)C)cc(C(C)(C)C)c2O)n1-c1ccccc1. The standard InChI is InChI=1S/C41H42N4O/c1-28-37(29-17-16-22-33(25-29)45(32-20-12-9-13-21-32)36-23-14-15-24-42-36)43-39(44(28)31-18-10-8-11-19-31)34-26-30(40(2,3)4)27-35(38(34)46)41(5,6)7/h8-27,46H,1-7H3. The van der Waals surface area contributed by atoms with Crippen LogP contribution in [0.5, 0.6) is 5.75 Å². The van der Waals surface area contributed by atoms with Gasteiger partial charge in [-0.2, -0.15) is 0 Å². The third-order valence-corrected chi connectivity index (χ3v) is 8.42. The Kier molecular flexibility index (Phi) is 8.03. The van der Waals surface area contributed by atoms with Crippen molar-refractivity contribution >= 4 is 17.2 Å². The Balaban J connectivity index is 1.59. The molecule has 0 unspecified atom stereocenters. The fraction of sp³-hybridized carbons (Fsp3) is 0.220. The summed E-state index contributed by atoms with van der Waals surface area (Å²) in [6, 6.07) is 39.2. The summed E-state index contributed by atoms with van der Waals surface area (Å²) in [5.41, 5.74) is 8.21. The first-order chi connectivity index (χ1) is 21.9. The summed E-state index contributed by atoms with van der Waals surface area (Å²) in [6.07, 6.45) is 1.82. The van der Waals surface area contributed by atoms with Gasteiger partial charge >= 0.3 is 0 Å². The summed E-state index contributed by atoms with van der Waals surface area (Å²) in [7, 11) is 0. The van der Waals surface area contributed by atoms with Gasteiger partial charge in [0.25, 0.3) is 0 Å². The number of pyridine rings is 1. The number of phenolic OH excluding ortho intramolecular Hbond substituents is 1. The Labute approximate surface area is 272 Å². The van der Waals surface area contributed by atoms with Crippen molar-refractivity contribution in [1.29, 1.82) is 0 Å². The summed E-state index contributed by atoms with van der Waals surface area (Å²) in [5, 5.41) is 11.9. The van der Waals surface area contributed by atoms with E-state index in [1.807, 2.05) is 60.8 Å². The molecule has 0 radical (unpaired) electrons. The van der Waals surface area contributed by atoms with Crippen molar-refractivity contribution in [3.8, 4) is 34.1 Å². The molecule has 0 spiro atoms. The zero-order valence-corrected chi connectivity index (χ0v) is 27.8. The van der Waals surface area contributed by atoms with Crippen molar-refractivity contribution in [3.63, 3.8) is 0 Å². The van der Waals surface area contributed by atoms with Gasteiger partial charge in [0.2, 0.25) is 0 Å². The fourth-order valence-corrected chi connectivity index (χ4v) is 5.93. The molecule has 0 saturated carbocycles. The van der Waals surface area contributed by atoms with Crippen molar-refractivity contribution in [2.75, 3.05) is 4.90 Å². The van der Waals surface area contributed by atoms with Crippen LogP contribution in [0, 0.1) is 6.92 Å². The Hall–Kier alpha value is -5.16. The van der Waals surface area contributed by atoms with Crippen LogP contribution in [0.15, 0.2) is 121 Å². The zero-order valence-electron chi connectivity index (χ0n) is 27.8. The molecule has 0 saturated heterocycles. The number of hydrogen-bond acceptors (Lipinski definition) is 4. The minimum absolute atomic E-state index is 0.120. The number of phenols is 1. The average Bonchev–Trinajstić information content (AvgIpc) is 3.38. The molecule has 0 aliphatic rings. The summed E-state index contributed by atoms with van der Waals surface area (Å²) in [5.74, 6) is 1.81. The molecule has 6 rings (SSSR count). The van der Waals surface area contributed by atoms with Gasteiger partial charge in [0.15, 0.2) is 0 Å². The lowest BCUT2D eigenvalue weighted by molar-refractivity contribution is 0.446. The molecular formula is C41H42N4O. The second kappa shape index (κ2) is 12.0. The van der Waals surface area contributed by atoms with Gasteiger partial charge in [-0.05, 0) is 77.9 Å². The van der Waals surface area contributed by atoms with Crippen LogP contribution in [0.4, 0.5) is 17.2 Å². The van der Waals surface area contributed by atoms with E-state index in [1.165, 1.54) is 0 Å². The maximum absolute atomic E-state index is 11.9. The van der Waals surface area contributed by atoms with Crippen LogP contribution in [0.25, 0.3) is 28.3 Å². The number of imidazole rings is 1. The minimum atomic E-state index is -0.261. The van der Waals surface area contributed by atoms with Crippen LogP contribution in [0.2, 0.25) is 0 Å². The van der Waals surface area contributed by atoms with E-state index in [-0.39, 0.29) is 16.6 Å². The summed E-state index contributed by atoms with van der Waals surface area (Å²) >= 11 is 0. The fourth-order valence-electron chi connectivity index (χ4n) is 5.93. The highest BCUT2D eigenvalue weighted by atomic mass is 16.3. The number of nitrogens with zero attached hydrogens (tertiary/aromatic N) is 4. The molecule has 5 heteroatoms.